The summed E-state index contributed by atoms with van der Waals surface area (Å²) in [4.78, 5) is 0. The number of rotatable bonds is 5. The second-order valence-corrected chi connectivity index (χ2v) is 4.46. The van der Waals surface area contributed by atoms with Crippen molar-refractivity contribution in [2.75, 3.05) is 11.9 Å². The van der Waals surface area contributed by atoms with Gasteiger partial charge in [-0.3, -0.25) is 0 Å². The summed E-state index contributed by atoms with van der Waals surface area (Å²) in [5.41, 5.74) is 0. The third-order valence-corrected chi connectivity index (χ3v) is 2.79. The van der Waals surface area contributed by atoms with Gasteiger partial charge in [-0.15, -0.1) is 0 Å². The highest BCUT2D eigenvalue weighted by atomic mass is 79.9. The second-order valence-electron chi connectivity index (χ2n) is 2.82. The molecule has 1 aromatic rings. The molecule has 0 atom stereocenters. The van der Waals surface area contributed by atoms with E-state index in [-0.39, 0.29) is 0 Å². The van der Waals surface area contributed by atoms with E-state index >= 15 is 0 Å². The first-order chi connectivity index (χ1) is 6.74. The lowest BCUT2D eigenvalue weighted by Crippen LogP contribution is -1.97. The molecular formula is C10H11BrCl2O. The van der Waals surface area contributed by atoms with Crippen molar-refractivity contribution in [1.29, 1.82) is 0 Å². The fraction of sp³-hybridized carbons (Fsp3) is 0.400. The molecular weight excluding hydrogens is 287 g/mol. The molecule has 0 bridgehead atoms. The topological polar surface area (TPSA) is 9.23 Å². The molecule has 0 amide bonds. The van der Waals surface area contributed by atoms with E-state index in [2.05, 4.69) is 15.9 Å². The number of hydrogen-bond acceptors (Lipinski definition) is 1. The monoisotopic (exact) mass is 296 g/mol. The standard InChI is InChI=1S/C10H11BrCl2O/c11-5-1-2-6-14-10-7-8(12)3-4-9(10)13/h3-4,7H,1-2,5-6H2. The van der Waals surface area contributed by atoms with Crippen molar-refractivity contribution in [1.82, 2.24) is 0 Å². The molecule has 0 aromatic heterocycles. The highest BCUT2D eigenvalue weighted by Gasteiger charge is 2.01. The van der Waals surface area contributed by atoms with Crippen LogP contribution in [0.25, 0.3) is 0 Å². The van der Waals surface area contributed by atoms with E-state index in [1.807, 2.05) is 0 Å². The van der Waals surface area contributed by atoms with E-state index < -0.39 is 0 Å². The molecule has 1 nitrogen and oxygen atoms in total. The Morgan fingerprint density at radius 3 is 2.71 bits per heavy atom. The maximum absolute atomic E-state index is 5.92. The van der Waals surface area contributed by atoms with Crippen LogP contribution in [0.2, 0.25) is 10.0 Å². The molecule has 1 aromatic carbocycles. The summed E-state index contributed by atoms with van der Waals surface area (Å²) in [7, 11) is 0. The van der Waals surface area contributed by atoms with Crippen molar-refractivity contribution in [2.45, 2.75) is 12.8 Å². The summed E-state index contributed by atoms with van der Waals surface area (Å²) >= 11 is 15.1. The highest BCUT2D eigenvalue weighted by molar-refractivity contribution is 9.09. The molecule has 0 unspecified atom stereocenters. The molecule has 0 aliphatic heterocycles. The van der Waals surface area contributed by atoms with Crippen LogP contribution in [0.4, 0.5) is 0 Å². The van der Waals surface area contributed by atoms with Crippen LogP contribution in [-0.2, 0) is 0 Å². The van der Waals surface area contributed by atoms with Crippen molar-refractivity contribution in [2.24, 2.45) is 0 Å². The maximum atomic E-state index is 5.92. The predicted octanol–water partition coefficient (Wildman–Crippen LogP) is 4.55. The van der Waals surface area contributed by atoms with Gasteiger partial charge in [0.05, 0.1) is 11.6 Å². The molecule has 0 N–H and O–H groups in total. The zero-order valence-corrected chi connectivity index (χ0v) is 10.7. The first-order valence-electron chi connectivity index (χ1n) is 4.38. The highest BCUT2D eigenvalue weighted by Crippen LogP contribution is 2.27. The number of benzene rings is 1. The van der Waals surface area contributed by atoms with Gasteiger partial charge < -0.3 is 4.74 Å². The maximum Gasteiger partial charge on any atom is 0.139 e. The predicted molar refractivity (Wildman–Crippen MR) is 65.0 cm³/mol. The van der Waals surface area contributed by atoms with E-state index in [0.29, 0.717) is 22.4 Å². The zero-order valence-electron chi connectivity index (χ0n) is 7.60. The second kappa shape index (κ2) is 6.54. The van der Waals surface area contributed by atoms with Gasteiger partial charge in [-0.1, -0.05) is 39.1 Å². The molecule has 0 radical (unpaired) electrons. The Kier molecular flexibility index (Phi) is 5.68. The Hall–Kier alpha value is 0.0800. The van der Waals surface area contributed by atoms with Crippen LogP contribution >= 0.6 is 39.1 Å². The Morgan fingerprint density at radius 1 is 1.21 bits per heavy atom. The smallest absolute Gasteiger partial charge is 0.139 e. The molecule has 0 saturated carbocycles. The third-order valence-electron chi connectivity index (χ3n) is 1.68. The molecule has 4 heteroatoms. The zero-order chi connectivity index (χ0) is 10.4. The van der Waals surface area contributed by atoms with Gasteiger partial charge in [0.15, 0.2) is 0 Å². The van der Waals surface area contributed by atoms with Crippen LogP contribution < -0.4 is 4.74 Å². The fourth-order valence-corrected chi connectivity index (χ4v) is 1.70. The fourth-order valence-electron chi connectivity index (χ4n) is 0.966. The van der Waals surface area contributed by atoms with Gasteiger partial charge in [-0.25, -0.2) is 0 Å². The van der Waals surface area contributed by atoms with E-state index in [4.69, 9.17) is 27.9 Å². The summed E-state index contributed by atoms with van der Waals surface area (Å²) in [6.45, 7) is 0.672. The minimum Gasteiger partial charge on any atom is -0.492 e. The molecule has 78 valence electrons. The van der Waals surface area contributed by atoms with Gasteiger partial charge in [0.25, 0.3) is 0 Å². The summed E-state index contributed by atoms with van der Waals surface area (Å²) in [6.07, 6.45) is 2.10. The Balaban J connectivity index is 2.45. The Bertz CT molecular complexity index is 291. The molecule has 0 saturated heterocycles. The molecule has 0 aliphatic rings. The molecule has 14 heavy (non-hydrogen) atoms. The first kappa shape index (κ1) is 12.2. The molecule has 0 aliphatic carbocycles. The van der Waals surface area contributed by atoms with Crippen molar-refractivity contribution in [3.63, 3.8) is 0 Å². The number of hydrogen-bond donors (Lipinski definition) is 0. The molecule has 1 rings (SSSR count). The first-order valence-corrected chi connectivity index (χ1v) is 6.25. The van der Waals surface area contributed by atoms with E-state index in [9.17, 15) is 0 Å². The van der Waals surface area contributed by atoms with Crippen LogP contribution in [0, 0.1) is 0 Å². The lowest BCUT2D eigenvalue weighted by molar-refractivity contribution is 0.310. The number of halogens is 3. The largest absolute Gasteiger partial charge is 0.492 e. The van der Waals surface area contributed by atoms with E-state index in [1.165, 1.54) is 0 Å². The lowest BCUT2D eigenvalue weighted by atomic mass is 10.3. The van der Waals surface area contributed by atoms with E-state index in [1.54, 1.807) is 18.2 Å². The minimum absolute atomic E-state index is 0.605. The van der Waals surface area contributed by atoms with Gasteiger partial charge in [0.2, 0.25) is 0 Å². The average molecular weight is 298 g/mol. The van der Waals surface area contributed by atoms with Crippen molar-refractivity contribution in [3.05, 3.63) is 28.2 Å². The Labute approximate surface area is 102 Å². The summed E-state index contributed by atoms with van der Waals surface area (Å²) in [6, 6.07) is 5.22. The van der Waals surface area contributed by atoms with Crippen molar-refractivity contribution in [3.8, 4) is 5.75 Å². The minimum atomic E-state index is 0.605. The summed E-state index contributed by atoms with van der Waals surface area (Å²) in [5, 5.41) is 2.25. The van der Waals surface area contributed by atoms with Gasteiger partial charge in [0, 0.05) is 16.4 Å². The van der Waals surface area contributed by atoms with Gasteiger partial charge in [0.1, 0.15) is 5.75 Å². The number of alkyl halides is 1. The van der Waals surface area contributed by atoms with Crippen LogP contribution in [0.15, 0.2) is 18.2 Å². The number of unbranched alkanes of at least 4 members (excludes halogenated alkanes) is 1. The summed E-state index contributed by atoms with van der Waals surface area (Å²) in [5.74, 6) is 0.661. The molecule has 0 heterocycles. The quantitative estimate of drug-likeness (QED) is 0.572. The molecule has 0 spiro atoms. The van der Waals surface area contributed by atoms with Crippen LogP contribution in [0.1, 0.15) is 12.8 Å². The van der Waals surface area contributed by atoms with Crippen LogP contribution in [0.5, 0.6) is 5.75 Å². The van der Waals surface area contributed by atoms with Crippen LogP contribution in [-0.4, -0.2) is 11.9 Å². The van der Waals surface area contributed by atoms with Gasteiger partial charge >= 0.3 is 0 Å². The van der Waals surface area contributed by atoms with Gasteiger partial charge in [-0.2, -0.15) is 0 Å². The van der Waals surface area contributed by atoms with Crippen molar-refractivity contribution < 1.29 is 4.74 Å². The lowest BCUT2D eigenvalue weighted by Gasteiger charge is -2.07. The Morgan fingerprint density at radius 2 is 2.00 bits per heavy atom. The van der Waals surface area contributed by atoms with Gasteiger partial charge in [-0.05, 0) is 25.0 Å². The summed E-state index contributed by atoms with van der Waals surface area (Å²) < 4.78 is 5.48. The third kappa shape index (κ3) is 4.07. The SMILES string of the molecule is Clc1ccc(Cl)c(OCCCCBr)c1. The molecule has 0 fully saturated rings. The number of ether oxygens (including phenoxy) is 1. The normalized spacial score (nSPS) is 10.2. The van der Waals surface area contributed by atoms with E-state index in [0.717, 1.165) is 18.2 Å². The van der Waals surface area contributed by atoms with Crippen LogP contribution in [0.3, 0.4) is 0 Å². The average Bonchev–Trinajstić information content (AvgIpc) is 2.18. The van der Waals surface area contributed by atoms with Crippen molar-refractivity contribution >= 4 is 39.1 Å².